The summed E-state index contributed by atoms with van der Waals surface area (Å²) in [4.78, 5) is 37.7. The van der Waals surface area contributed by atoms with E-state index in [1.807, 2.05) is 27.7 Å². The van der Waals surface area contributed by atoms with Gasteiger partial charge in [-0.1, -0.05) is 27.7 Å². The van der Waals surface area contributed by atoms with E-state index in [0.29, 0.717) is 5.75 Å². The molecule has 0 saturated carbocycles. The van der Waals surface area contributed by atoms with E-state index in [1.54, 1.807) is 0 Å². The molecule has 3 amide bonds. The molecule has 0 aliphatic rings. The molecule has 0 aliphatic carbocycles. The van der Waals surface area contributed by atoms with Crippen LogP contribution < -0.4 is 10.6 Å². The van der Waals surface area contributed by atoms with Crippen molar-refractivity contribution in [2.45, 2.75) is 39.8 Å². The molecule has 0 fully saturated rings. The largest absolute Gasteiger partial charge is 0.449 e. The highest BCUT2D eigenvalue weighted by atomic mass is 32.1. The molecule has 0 aromatic rings. The highest BCUT2D eigenvalue weighted by Gasteiger charge is 2.33. The minimum absolute atomic E-state index is 0.0758. The van der Waals surface area contributed by atoms with Gasteiger partial charge in [0.25, 0.3) is 0 Å². The number of thiol groups is 1. The highest BCUT2D eigenvalue weighted by molar-refractivity contribution is 7.80. The van der Waals surface area contributed by atoms with E-state index in [2.05, 4.69) is 23.3 Å². The molecule has 8 heteroatoms. The van der Waals surface area contributed by atoms with Gasteiger partial charge < -0.3 is 15.4 Å². The van der Waals surface area contributed by atoms with Gasteiger partial charge in [0.05, 0.1) is 0 Å². The lowest BCUT2D eigenvalue weighted by molar-refractivity contribution is -0.133. The molecule has 0 saturated heterocycles. The molecular formula is C15H29N3O4S. The van der Waals surface area contributed by atoms with Crippen LogP contribution in [0.3, 0.4) is 0 Å². The normalized spacial score (nSPS) is 13.4. The summed E-state index contributed by atoms with van der Waals surface area (Å²) in [6.07, 6.45) is -0.589. The molecule has 0 aromatic heterocycles. The van der Waals surface area contributed by atoms with Crippen molar-refractivity contribution in [2.75, 3.05) is 26.5 Å². The number of hydrogen-bond donors (Lipinski definition) is 3. The lowest BCUT2D eigenvalue weighted by atomic mass is 9.99. The molecule has 0 unspecified atom stereocenters. The van der Waals surface area contributed by atoms with Gasteiger partial charge in [0.1, 0.15) is 18.7 Å². The van der Waals surface area contributed by atoms with E-state index in [9.17, 15) is 14.4 Å². The number of nitrogens with one attached hydrogen (secondary N) is 2. The Morgan fingerprint density at radius 3 is 2.04 bits per heavy atom. The molecule has 2 atom stereocenters. The molecule has 0 bridgehead atoms. The van der Waals surface area contributed by atoms with Crippen molar-refractivity contribution in [3.63, 3.8) is 0 Å². The molecule has 134 valence electrons. The van der Waals surface area contributed by atoms with E-state index < -0.39 is 18.2 Å². The number of carbonyl (C=O) groups is 3. The summed E-state index contributed by atoms with van der Waals surface area (Å²) in [5, 5.41) is 5.26. The van der Waals surface area contributed by atoms with Gasteiger partial charge in [0.15, 0.2) is 0 Å². The highest BCUT2D eigenvalue weighted by Crippen LogP contribution is 2.12. The van der Waals surface area contributed by atoms with Crippen molar-refractivity contribution < 1.29 is 19.1 Å². The first-order valence-corrected chi connectivity index (χ1v) is 8.32. The van der Waals surface area contributed by atoms with Crippen molar-refractivity contribution >= 4 is 30.5 Å². The maximum Gasteiger partial charge on any atom is 0.410 e. The van der Waals surface area contributed by atoms with Crippen LogP contribution >= 0.6 is 12.6 Å². The Bertz CT molecular complexity index is 416. The predicted octanol–water partition coefficient (Wildman–Crippen LogP) is 0.896. The van der Waals surface area contributed by atoms with Gasteiger partial charge in [-0.25, -0.2) is 4.79 Å². The van der Waals surface area contributed by atoms with E-state index in [4.69, 9.17) is 4.74 Å². The number of rotatable bonds is 8. The third kappa shape index (κ3) is 6.68. The van der Waals surface area contributed by atoms with E-state index in [1.165, 1.54) is 19.0 Å². The maximum absolute atomic E-state index is 12.6. The summed E-state index contributed by atoms with van der Waals surface area (Å²) in [7, 11) is 3.03. The first kappa shape index (κ1) is 21.6. The predicted molar refractivity (Wildman–Crippen MR) is 92.4 cm³/mol. The Morgan fingerprint density at radius 1 is 1.09 bits per heavy atom. The topological polar surface area (TPSA) is 87.7 Å². The van der Waals surface area contributed by atoms with Gasteiger partial charge in [-0.2, -0.15) is 12.6 Å². The smallest absolute Gasteiger partial charge is 0.410 e. The number of hydrogen-bond acceptors (Lipinski definition) is 5. The van der Waals surface area contributed by atoms with Crippen LogP contribution in [0.15, 0.2) is 0 Å². The van der Waals surface area contributed by atoms with Crippen molar-refractivity contribution in [1.82, 2.24) is 15.5 Å². The number of carbonyl (C=O) groups excluding carboxylic acids is 3. The fourth-order valence-corrected chi connectivity index (χ4v) is 2.29. The van der Waals surface area contributed by atoms with Crippen LogP contribution in [0, 0.1) is 11.8 Å². The van der Waals surface area contributed by atoms with Gasteiger partial charge in [-0.05, 0) is 11.8 Å². The fourth-order valence-electron chi connectivity index (χ4n) is 2.20. The second-order valence-corrected chi connectivity index (χ2v) is 6.43. The van der Waals surface area contributed by atoms with E-state index >= 15 is 0 Å². The molecular weight excluding hydrogens is 318 g/mol. The Balaban J connectivity index is 5.11. The zero-order chi connectivity index (χ0) is 18.2. The van der Waals surface area contributed by atoms with Crippen molar-refractivity contribution in [3.8, 4) is 0 Å². The zero-order valence-electron chi connectivity index (χ0n) is 14.8. The van der Waals surface area contributed by atoms with Crippen LogP contribution in [0.2, 0.25) is 0 Å². The number of likely N-dealkylation sites (N-methyl/N-ethyl adjacent to an activating group) is 2. The second kappa shape index (κ2) is 10.4. The molecule has 0 rings (SSSR count). The third-order valence-corrected chi connectivity index (χ3v) is 3.60. The van der Waals surface area contributed by atoms with Crippen molar-refractivity contribution in [1.29, 1.82) is 0 Å². The third-order valence-electron chi connectivity index (χ3n) is 3.42. The van der Waals surface area contributed by atoms with E-state index in [0.717, 1.165) is 0 Å². The van der Waals surface area contributed by atoms with E-state index in [-0.39, 0.29) is 30.3 Å². The number of nitrogens with zero attached hydrogens (tertiary/aromatic N) is 1. The summed E-state index contributed by atoms with van der Waals surface area (Å²) in [6, 6.07) is -1.39. The summed E-state index contributed by atoms with van der Waals surface area (Å²) in [5.74, 6) is -0.456. The summed E-state index contributed by atoms with van der Waals surface area (Å²) in [6.45, 7) is 7.52. The molecule has 2 N–H and O–H groups in total. The maximum atomic E-state index is 12.6. The van der Waals surface area contributed by atoms with Gasteiger partial charge >= 0.3 is 6.09 Å². The Morgan fingerprint density at radius 2 is 1.65 bits per heavy atom. The lowest BCUT2D eigenvalue weighted by Gasteiger charge is -2.31. The quantitative estimate of drug-likeness (QED) is 0.569. The van der Waals surface area contributed by atoms with Crippen LogP contribution in [-0.2, 0) is 14.3 Å². The van der Waals surface area contributed by atoms with Crippen molar-refractivity contribution in [2.24, 2.45) is 11.8 Å². The first-order chi connectivity index (χ1) is 10.7. The number of ether oxygens (including phenoxy) is 1. The van der Waals surface area contributed by atoms with Gasteiger partial charge in [-0.3, -0.25) is 14.5 Å². The minimum atomic E-state index is -0.728. The fraction of sp³-hybridized carbons (Fsp3) is 0.800. The summed E-state index contributed by atoms with van der Waals surface area (Å²) < 4.78 is 5.01. The Hall–Kier alpha value is -1.44. The SMILES string of the molecule is CNC(=O)[C@@H](NC(=O)[C@H](C(C)C)N(C)C(=O)OCCS)C(C)C. The summed E-state index contributed by atoms with van der Waals surface area (Å²) in [5.41, 5.74) is 0. The Kier molecular flexibility index (Phi) is 9.71. The van der Waals surface area contributed by atoms with Crippen molar-refractivity contribution in [3.05, 3.63) is 0 Å². The van der Waals surface area contributed by atoms with Gasteiger partial charge in [-0.15, -0.1) is 0 Å². The molecule has 0 spiro atoms. The minimum Gasteiger partial charge on any atom is -0.449 e. The van der Waals surface area contributed by atoms with Gasteiger partial charge in [0.2, 0.25) is 11.8 Å². The monoisotopic (exact) mass is 347 g/mol. The number of amides is 3. The molecule has 0 heterocycles. The molecule has 7 nitrogen and oxygen atoms in total. The summed E-state index contributed by atoms with van der Waals surface area (Å²) >= 11 is 3.98. The standard InChI is InChI=1S/C15H29N3O4S/c1-9(2)11(13(19)16-5)17-14(20)12(10(3)4)18(6)15(21)22-7-8-23/h9-12,23H,7-8H2,1-6H3,(H,16,19)(H,17,20)/t11-,12-/m0/s1. The van der Waals surface area contributed by atoms with Crippen LogP contribution in [0.5, 0.6) is 0 Å². The average molecular weight is 347 g/mol. The molecule has 23 heavy (non-hydrogen) atoms. The molecule has 0 aromatic carbocycles. The first-order valence-electron chi connectivity index (χ1n) is 7.69. The molecule has 0 radical (unpaired) electrons. The van der Waals surface area contributed by atoms with Crippen LogP contribution in [0.25, 0.3) is 0 Å². The van der Waals surface area contributed by atoms with Crippen LogP contribution in [0.4, 0.5) is 4.79 Å². The second-order valence-electron chi connectivity index (χ2n) is 5.98. The lowest BCUT2D eigenvalue weighted by Crippen LogP contribution is -2.56. The zero-order valence-corrected chi connectivity index (χ0v) is 15.6. The molecule has 0 aliphatic heterocycles. The Labute approximate surface area is 143 Å². The van der Waals surface area contributed by atoms with Crippen LogP contribution in [-0.4, -0.2) is 61.3 Å². The average Bonchev–Trinajstić information content (AvgIpc) is 2.48. The van der Waals surface area contributed by atoms with Gasteiger partial charge in [0, 0.05) is 19.8 Å². The van der Waals surface area contributed by atoms with Crippen LogP contribution in [0.1, 0.15) is 27.7 Å².